The van der Waals surface area contributed by atoms with E-state index in [4.69, 9.17) is 0 Å². The van der Waals surface area contributed by atoms with Gasteiger partial charge in [0.2, 0.25) is 0 Å². The van der Waals surface area contributed by atoms with Gasteiger partial charge >= 0.3 is 0 Å². The maximum absolute atomic E-state index is 12.6. The lowest BCUT2D eigenvalue weighted by Crippen LogP contribution is -2.23. The van der Waals surface area contributed by atoms with Gasteiger partial charge in [-0.1, -0.05) is 36.4 Å². The summed E-state index contributed by atoms with van der Waals surface area (Å²) < 4.78 is 25.5. The molecule has 4 rings (SSSR count). The monoisotopic (exact) mass is 401 g/mol. The summed E-state index contributed by atoms with van der Waals surface area (Å²) in [7, 11) is -3.04. The van der Waals surface area contributed by atoms with Crippen molar-refractivity contribution < 1.29 is 13.2 Å². The number of amides is 1. The second-order valence-electron chi connectivity index (χ2n) is 6.56. The fourth-order valence-corrected chi connectivity index (χ4v) is 5.66. The van der Waals surface area contributed by atoms with Crippen molar-refractivity contribution in [1.29, 1.82) is 0 Å². The Kier molecular flexibility index (Phi) is 4.84. The van der Waals surface area contributed by atoms with Crippen LogP contribution in [0.1, 0.15) is 28.5 Å². The summed E-state index contributed by atoms with van der Waals surface area (Å²) in [6.07, 6.45) is 0.521. The summed E-state index contributed by atoms with van der Waals surface area (Å²) in [6.45, 7) is 0.415. The summed E-state index contributed by atoms with van der Waals surface area (Å²) >= 11 is 1.54. The minimum Gasteiger partial charge on any atom is -0.347 e. The molecule has 1 atom stereocenters. The Morgan fingerprint density at radius 1 is 1.22 bits per heavy atom. The molecule has 0 unspecified atom stereocenters. The van der Waals surface area contributed by atoms with Gasteiger partial charge in [-0.05, 0) is 29.5 Å². The van der Waals surface area contributed by atoms with E-state index in [1.807, 2.05) is 47.8 Å². The molecule has 1 fully saturated rings. The van der Waals surface area contributed by atoms with E-state index in [9.17, 15) is 13.2 Å². The Morgan fingerprint density at radius 3 is 2.70 bits per heavy atom. The highest BCUT2D eigenvalue weighted by atomic mass is 32.2. The van der Waals surface area contributed by atoms with Crippen molar-refractivity contribution >= 4 is 27.1 Å². The summed E-state index contributed by atoms with van der Waals surface area (Å²) in [5.74, 6) is -0.0361. The second-order valence-corrected chi connectivity index (χ2v) is 9.74. The van der Waals surface area contributed by atoms with E-state index >= 15 is 0 Å². The van der Waals surface area contributed by atoms with E-state index in [1.165, 1.54) is 0 Å². The number of hydrogen-bond acceptors (Lipinski definition) is 5. The van der Waals surface area contributed by atoms with Gasteiger partial charge in [0.25, 0.3) is 5.91 Å². The molecule has 1 N–H and O–H groups in total. The van der Waals surface area contributed by atoms with E-state index in [0.717, 1.165) is 16.1 Å². The van der Waals surface area contributed by atoms with Crippen LogP contribution in [0.15, 0.2) is 53.9 Å². The molecule has 3 aromatic rings. The Labute approximate surface area is 161 Å². The van der Waals surface area contributed by atoms with Crippen LogP contribution in [0.2, 0.25) is 0 Å². The third-order valence-corrected chi connectivity index (χ3v) is 7.23. The zero-order valence-electron chi connectivity index (χ0n) is 14.5. The highest BCUT2D eigenvalue weighted by molar-refractivity contribution is 7.91. The van der Waals surface area contributed by atoms with Crippen molar-refractivity contribution in [3.63, 3.8) is 0 Å². The SMILES string of the molecule is O=C(NCc1ccccc1)c1cc(-c2cccs2)n([C@H]2CCS(=O)(=O)C2)n1. The molecule has 0 radical (unpaired) electrons. The first-order valence-corrected chi connectivity index (χ1v) is 11.4. The summed E-state index contributed by atoms with van der Waals surface area (Å²) in [4.78, 5) is 13.6. The predicted octanol–water partition coefficient (Wildman–Crippen LogP) is 2.90. The zero-order chi connectivity index (χ0) is 18.9. The lowest BCUT2D eigenvalue weighted by Gasteiger charge is -2.12. The quantitative estimate of drug-likeness (QED) is 0.713. The molecule has 1 saturated heterocycles. The van der Waals surface area contributed by atoms with Crippen molar-refractivity contribution in [2.45, 2.75) is 19.0 Å². The molecule has 1 aliphatic heterocycles. The van der Waals surface area contributed by atoms with Crippen molar-refractivity contribution in [2.75, 3.05) is 11.5 Å². The van der Waals surface area contributed by atoms with Gasteiger partial charge in [-0.2, -0.15) is 5.10 Å². The number of carbonyl (C=O) groups excluding carboxylic acids is 1. The van der Waals surface area contributed by atoms with Crippen LogP contribution in [0, 0.1) is 0 Å². The summed E-state index contributed by atoms with van der Waals surface area (Å²) in [5.41, 5.74) is 2.10. The van der Waals surface area contributed by atoms with Crippen LogP contribution in [0.25, 0.3) is 10.6 Å². The molecule has 27 heavy (non-hydrogen) atoms. The van der Waals surface area contributed by atoms with E-state index in [1.54, 1.807) is 22.1 Å². The van der Waals surface area contributed by atoms with E-state index in [-0.39, 0.29) is 23.5 Å². The Bertz CT molecular complexity index is 1040. The van der Waals surface area contributed by atoms with Crippen LogP contribution in [0.3, 0.4) is 0 Å². The van der Waals surface area contributed by atoms with Crippen LogP contribution < -0.4 is 5.32 Å². The number of benzene rings is 1. The van der Waals surface area contributed by atoms with Crippen molar-refractivity contribution in [3.05, 3.63) is 65.2 Å². The Balaban J connectivity index is 1.60. The topological polar surface area (TPSA) is 81.1 Å². The molecule has 0 saturated carbocycles. The van der Waals surface area contributed by atoms with E-state index in [0.29, 0.717) is 18.7 Å². The van der Waals surface area contributed by atoms with Gasteiger partial charge in [-0.15, -0.1) is 11.3 Å². The van der Waals surface area contributed by atoms with Gasteiger partial charge in [0, 0.05) is 6.54 Å². The lowest BCUT2D eigenvalue weighted by atomic mass is 10.2. The number of aromatic nitrogens is 2. The van der Waals surface area contributed by atoms with Gasteiger partial charge in [0.1, 0.15) is 0 Å². The first kappa shape index (κ1) is 17.9. The molecule has 140 valence electrons. The molecule has 0 bridgehead atoms. The number of thiophene rings is 1. The van der Waals surface area contributed by atoms with Gasteiger partial charge < -0.3 is 5.32 Å². The Hall–Kier alpha value is -2.45. The van der Waals surface area contributed by atoms with Gasteiger partial charge in [0.15, 0.2) is 15.5 Å². The number of rotatable bonds is 5. The van der Waals surface area contributed by atoms with E-state index < -0.39 is 9.84 Å². The third kappa shape index (κ3) is 3.96. The molecule has 1 aliphatic rings. The normalized spacial score (nSPS) is 18.4. The molecule has 3 heterocycles. The van der Waals surface area contributed by atoms with Crippen LogP contribution in [-0.2, 0) is 16.4 Å². The standard InChI is InChI=1S/C19H19N3O3S2/c23-19(20-12-14-5-2-1-3-6-14)16-11-17(18-7-4-9-26-18)22(21-16)15-8-10-27(24,25)13-15/h1-7,9,11,15H,8,10,12-13H2,(H,20,23)/t15-/m0/s1. The minimum atomic E-state index is -3.04. The van der Waals surface area contributed by atoms with Gasteiger partial charge in [-0.25, -0.2) is 8.42 Å². The average molecular weight is 402 g/mol. The molecule has 1 amide bonds. The molecular weight excluding hydrogens is 382 g/mol. The maximum Gasteiger partial charge on any atom is 0.272 e. The molecule has 8 heteroatoms. The smallest absolute Gasteiger partial charge is 0.272 e. The van der Waals surface area contributed by atoms with Crippen LogP contribution >= 0.6 is 11.3 Å². The fourth-order valence-electron chi connectivity index (χ4n) is 3.23. The molecule has 1 aromatic carbocycles. The largest absolute Gasteiger partial charge is 0.347 e. The average Bonchev–Trinajstić information content (AvgIpc) is 3.39. The summed E-state index contributed by atoms with van der Waals surface area (Å²) in [5, 5.41) is 9.30. The van der Waals surface area contributed by atoms with Gasteiger partial charge in [0.05, 0.1) is 28.1 Å². The molecular formula is C19H19N3O3S2. The van der Waals surface area contributed by atoms with Crippen molar-refractivity contribution in [1.82, 2.24) is 15.1 Å². The van der Waals surface area contributed by atoms with Crippen LogP contribution in [0.4, 0.5) is 0 Å². The molecule has 0 spiro atoms. The first-order chi connectivity index (χ1) is 13.0. The third-order valence-electron chi connectivity index (χ3n) is 4.59. The highest BCUT2D eigenvalue weighted by Gasteiger charge is 2.32. The van der Waals surface area contributed by atoms with Gasteiger partial charge in [-0.3, -0.25) is 9.48 Å². The fraction of sp³-hybridized carbons (Fsp3) is 0.263. The lowest BCUT2D eigenvalue weighted by molar-refractivity contribution is 0.0945. The number of sulfone groups is 1. The van der Waals surface area contributed by atoms with Crippen LogP contribution in [-0.4, -0.2) is 35.6 Å². The number of nitrogens with one attached hydrogen (secondary N) is 1. The minimum absolute atomic E-state index is 0.0676. The summed E-state index contributed by atoms with van der Waals surface area (Å²) in [6, 6.07) is 15.1. The second kappa shape index (κ2) is 7.28. The maximum atomic E-state index is 12.6. The van der Waals surface area contributed by atoms with Crippen LogP contribution in [0.5, 0.6) is 0 Å². The number of nitrogens with zero attached hydrogens (tertiary/aromatic N) is 2. The highest BCUT2D eigenvalue weighted by Crippen LogP contribution is 2.32. The van der Waals surface area contributed by atoms with E-state index in [2.05, 4.69) is 10.4 Å². The molecule has 0 aliphatic carbocycles. The van der Waals surface area contributed by atoms with Crippen molar-refractivity contribution in [3.8, 4) is 10.6 Å². The molecule has 6 nitrogen and oxygen atoms in total. The molecule has 2 aromatic heterocycles. The zero-order valence-corrected chi connectivity index (χ0v) is 16.2. The first-order valence-electron chi connectivity index (χ1n) is 8.68. The predicted molar refractivity (Wildman–Crippen MR) is 105 cm³/mol. The number of hydrogen-bond donors (Lipinski definition) is 1. The number of carbonyl (C=O) groups is 1. The Morgan fingerprint density at radius 2 is 2.04 bits per heavy atom. The van der Waals surface area contributed by atoms with Crippen molar-refractivity contribution in [2.24, 2.45) is 0 Å².